The molecule has 1 saturated heterocycles. The van der Waals surface area contributed by atoms with Crippen LogP contribution in [-0.2, 0) is 10.9 Å². The number of benzene rings is 3. The second-order valence-electron chi connectivity index (χ2n) is 8.88. The van der Waals surface area contributed by atoms with Crippen molar-refractivity contribution in [2.24, 2.45) is 0 Å². The van der Waals surface area contributed by atoms with Gasteiger partial charge < -0.3 is 20.7 Å². The molecule has 1 atom stereocenters. The number of aromatic nitrogens is 2. The lowest BCUT2D eigenvalue weighted by Crippen LogP contribution is -2.35. The number of alkyl halides is 3. The number of rotatable bonds is 5. The van der Waals surface area contributed by atoms with E-state index in [4.69, 9.17) is 16.3 Å². The third-order valence-corrected chi connectivity index (χ3v) is 6.43. The quantitative estimate of drug-likeness (QED) is 0.200. The summed E-state index contributed by atoms with van der Waals surface area (Å²) >= 11 is 5.60. The number of ketones is 1. The van der Waals surface area contributed by atoms with E-state index in [0.717, 1.165) is 18.2 Å². The Bertz CT molecular complexity index is 1610. The summed E-state index contributed by atoms with van der Waals surface area (Å²) < 4.78 is 59.4. The number of hydrogen-bond acceptors (Lipinski definition) is 6. The molecule has 4 aromatic rings. The largest absolute Gasteiger partial charge is 0.417 e. The molecule has 13 heteroatoms. The SMILES string of the molecule is O=C(Nc1ccc(F)c(C(=O)c2ccc3nc(C4COCCN4)cnc3c2)c1)Nc1ccc(Cl)c(C(F)(F)F)c1. The standard InChI is InChI=1S/C27H20ClF4N5O3/c28-19-4-2-16(11-18(19)27(30,31)32)36-26(39)35-15-3-5-20(29)17(10-15)25(38)14-1-6-21-22(9-14)34-12-23(37-21)24-13-40-8-7-33-24/h1-6,9-12,24,33H,7-8,13H2,(H2,35,36,39). The van der Waals surface area contributed by atoms with Crippen molar-refractivity contribution in [3.63, 3.8) is 0 Å². The minimum atomic E-state index is -4.71. The van der Waals surface area contributed by atoms with Gasteiger partial charge in [-0.05, 0) is 54.6 Å². The van der Waals surface area contributed by atoms with E-state index < -0.39 is 34.4 Å². The Morgan fingerprint density at radius 2 is 1.75 bits per heavy atom. The predicted molar refractivity (Wildman–Crippen MR) is 140 cm³/mol. The lowest BCUT2D eigenvalue weighted by atomic mass is 10.0. The second-order valence-corrected chi connectivity index (χ2v) is 9.28. The van der Waals surface area contributed by atoms with Gasteiger partial charge in [0.1, 0.15) is 5.82 Å². The fourth-order valence-corrected chi connectivity index (χ4v) is 4.36. The molecule has 5 rings (SSSR count). The fourth-order valence-electron chi connectivity index (χ4n) is 4.14. The number of amides is 2. The molecular weight excluding hydrogens is 554 g/mol. The van der Waals surface area contributed by atoms with Crippen molar-refractivity contribution in [3.05, 3.63) is 94.0 Å². The van der Waals surface area contributed by atoms with Gasteiger partial charge in [-0.2, -0.15) is 13.2 Å². The highest BCUT2D eigenvalue weighted by Crippen LogP contribution is 2.36. The predicted octanol–water partition coefficient (Wildman–Crippen LogP) is 5.98. The number of carbonyl (C=O) groups excluding carboxylic acids is 2. The lowest BCUT2D eigenvalue weighted by Gasteiger charge is -2.23. The maximum absolute atomic E-state index is 14.6. The van der Waals surface area contributed by atoms with Gasteiger partial charge in [0.05, 0.1) is 58.3 Å². The molecule has 3 aromatic carbocycles. The molecule has 0 radical (unpaired) electrons. The van der Waals surface area contributed by atoms with Crippen LogP contribution in [0, 0.1) is 5.82 Å². The number of nitrogens with zero attached hydrogens (tertiary/aromatic N) is 2. The summed E-state index contributed by atoms with van der Waals surface area (Å²) in [6, 6.07) is 9.83. The first-order valence-electron chi connectivity index (χ1n) is 12.0. The first-order chi connectivity index (χ1) is 19.1. The molecule has 206 valence electrons. The van der Waals surface area contributed by atoms with Crippen molar-refractivity contribution >= 4 is 45.8 Å². The van der Waals surface area contributed by atoms with Gasteiger partial charge in [0.2, 0.25) is 0 Å². The van der Waals surface area contributed by atoms with Gasteiger partial charge in [-0.3, -0.25) is 9.78 Å². The third kappa shape index (κ3) is 6.03. The maximum atomic E-state index is 14.6. The Morgan fingerprint density at radius 1 is 1.00 bits per heavy atom. The molecule has 1 unspecified atom stereocenters. The molecule has 1 aliphatic heterocycles. The van der Waals surface area contributed by atoms with Crippen LogP contribution >= 0.6 is 11.6 Å². The Labute approximate surface area is 229 Å². The van der Waals surface area contributed by atoms with Crippen molar-refractivity contribution in [2.45, 2.75) is 12.2 Å². The Kier molecular flexibility index (Phi) is 7.66. The first-order valence-corrected chi connectivity index (χ1v) is 12.3. The van der Waals surface area contributed by atoms with Crippen molar-refractivity contribution in [3.8, 4) is 0 Å². The molecule has 0 bridgehead atoms. The van der Waals surface area contributed by atoms with Gasteiger partial charge in [-0.25, -0.2) is 14.2 Å². The zero-order chi connectivity index (χ0) is 28.4. The topological polar surface area (TPSA) is 105 Å². The molecule has 1 aliphatic rings. The van der Waals surface area contributed by atoms with Crippen LogP contribution in [0.15, 0.2) is 60.8 Å². The van der Waals surface area contributed by atoms with E-state index in [0.29, 0.717) is 42.6 Å². The number of anilines is 2. The van der Waals surface area contributed by atoms with Crippen molar-refractivity contribution in [1.82, 2.24) is 15.3 Å². The van der Waals surface area contributed by atoms with Crippen LogP contribution < -0.4 is 16.0 Å². The van der Waals surface area contributed by atoms with E-state index in [1.807, 2.05) is 0 Å². The molecule has 3 N–H and O–H groups in total. The molecule has 40 heavy (non-hydrogen) atoms. The Hall–Kier alpha value is -4.13. The molecule has 1 aromatic heterocycles. The average Bonchev–Trinajstić information content (AvgIpc) is 2.94. The Morgan fingerprint density at radius 3 is 2.48 bits per heavy atom. The summed E-state index contributed by atoms with van der Waals surface area (Å²) in [7, 11) is 0. The summed E-state index contributed by atoms with van der Waals surface area (Å²) in [6.45, 7) is 1.78. The van der Waals surface area contributed by atoms with E-state index in [9.17, 15) is 27.2 Å². The number of halogens is 5. The smallest absolute Gasteiger partial charge is 0.378 e. The van der Waals surface area contributed by atoms with Crippen LogP contribution in [0.3, 0.4) is 0 Å². The Balaban J connectivity index is 1.32. The van der Waals surface area contributed by atoms with Gasteiger partial charge >= 0.3 is 12.2 Å². The van der Waals surface area contributed by atoms with Gasteiger partial charge in [0, 0.05) is 23.5 Å². The number of nitrogens with one attached hydrogen (secondary N) is 3. The molecule has 0 spiro atoms. The monoisotopic (exact) mass is 573 g/mol. The number of urea groups is 1. The van der Waals surface area contributed by atoms with Crippen LogP contribution in [0.5, 0.6) is 0 Å². The summed E-state index contributed by atoms with van der Waals surface area (Å²) in [5.74, 6) is -1.49. The van der Waals surface area contributed by atoms with Crippen molar-refractivity contribution in [2.75, 3.05) is 30.4 Å². The van der Waals surface area contributed by atoms with E-state index in [2.05, 4.69) is 25.9 Å². The minimum absolute atomic E-state index is 0.0414. The molecule has 0 aliphatic carbocycles. The normalized spacial score (nSPS) is 15.6. The fraction of sp³-hybridized carbons (Fsp3) is 0.185. The molecule has 2 amide bonds. The van der Waals surface area contributed by atoms with Crippen LogP contribution in [0.1, 0.15) is 33.2 Å². The van der Waals surface area contributed by atoms with Gasteiger partial charge in [0.25, 0.3) is 0 Å². The molecule has 0 saturated carbocycles. The lowest BCUT2D eigenvalue weighted by molar-refractivity contribution is -0.137. The van der Waals surface area contributed by atoms with E-state index in [-0.39, 0.29) is 28.5 Å². The van der Waals surface area contributed by atoms with Crippen LogP contribution in [-0.4, -0.2) is 41.5 Å². The second kappa shape index (κ2) is 11.2. The number of fused-ring (bicyclic) bond motifs is 1. The highest BCUT2D eigenvalue weighted by Gasteiger charge is 2.33. The van der Waals surface area contributed by atoms with Crippen LogP contribution in [0.4, 0.5) is 33.7 Å². The summed E-state index contributed by atoms with van der Waals surface area (Å²) in [5.41, 5.74) is 0.261. The first kappa shape index (κ1) is 27.4. The molecule has 1 fully saturated rings. The summed E-state index contributed by atoms with van der Waals surface area (Å²) in [6.07, 6.45) is -3.12. The number of carbonyl (C=O) groups is 2. The average molecular weight is 574 g/mol. The van der Waals surface area contributed by atoms with Crippen molar-refractivity contribution in [1.29, 1.82) is 0 Å². The molecule has 2 heterocycles. The highest BCUT2D eigenvalue weighted by atomic mass is 35.5. The van der Waals surface area contributed by atoms with Crippen LogP contribution in [0.25, 0.3) is 11.0 Å². The highest BCUT2D eigenvalue weighted by molar-refractivity contribution is 6.31. The van der Waals surface area contributed by atoms with Gasteiger partial charge in [0.15, 0.2) is 5.78 Å². The number of hydrogen-bond donors (Lipinski definition) is 3. The minimum Gasteiger partial charge on any atom is -0.378 e. The third-order valence-electron chi connectivity index (χ3n) is 6.10. The zero-order valence-electron chi connectivity index (χ0n) is 20.5. The van der Waals surface area contributed by atoms with E-state index in [1.54, 1.807) is 12.3 Å². The van der Waals surface area contributed by atoms with Gasteiger partial charge in [-0.1, -0.05) is 11.6 Å². The summed E-state index contributed by atoms with van der Waals surface area (Å²) in [5, 5.41) is 7.42. The van der Waals surface area contributed by atoms with Gasteiger partial charge in [-0.15, -0.1) is 0 Å². The number of morpholine rings is 1. The van der Waals surface area contributed by atoms with Crippen molar-refractivity contribution < 1.29 is 31.9 Å². The van der Waals surface area contributed by atoms with E-state index in [1.165, 1.54) is 24.3 Å². The molecular formula is C27H20ClF4N5O3. The molecule has 8 nitrogen and oxygen atoms in total. The zero-order valence-corrected chi connectivity index (χ0v) is 21.2. The van der Waals surface area contributed by atoms with E-state index >= 15 is 0 Å². The number of ether oxygens (including phenoxy) is 1. The summed E-state index contributed by atoms with van der Waals surface area (Å²) in [4.78, 5) is 34.5. The maximum Gasteiger partial charge on any atom is 0.417 e. The van der Waals surface area contributed by atoms with Crippen LogP contribution in [0.2, 0.25) is 5.02 Å².